The zero-order chi connectivity index (χ0) is 22.1. The molecule has 160 valence electrons. The maximum Gasteiger partial charge on any atom is 0.230 e. The zero-order valence-corrected chi connectivity index (χ0v) is 18.1. The quantitative estimate of drug-likeness (QED) is 0.281. The fourth-order valence-corrected chi connectivity index (χ4v) is 4.53. The van der Waals surface area contributed by atoms with E-state index in [9.17, 15) is 4.79 Å². The van der Waals surface area contributed by atoms with Gasteiger partial charge in [-0.2, -0.15) is 5.26 Å². The summed E-state index contributed by atoms with van der Waals surface area (Å²) in [4.78, 5) is 24.6. The number of aromatic amines is 1. The standard InChI is InChI=1S/C23H20N6O2S/c1-13(30)20-12-31-23(28-20)19-11-26-22-18(5-6-25-22)21(19)27-15-8-16(9-15)29-32-17-4-2-3-14(7-17)10-24/h2-7,11-12,15-16,29H,8-9H2,1H3,(H2,25,26,27)/t15-,16-. The van der Waals surface area contributed by atoms with E-state index in [0.29, 0.717) is 23.2 Å². The van der Waals surface area contributed by atoms with Gasteiger partial charge in [-0.05, 0) is 49.1 Å². The number of pyridine rings is 1. The molecule has 0 unspecified atom stereocenters. The lowest BCUT2D eigenvalue weighted by Gasteiger charge is -2.37. The molecule has 4 aromatic rings. The van der Waals surface area contributed by atoms with Crippen LogP contribution in [-0.4, -0.2) is 32.8 Å². The van der Waals surface area contributed by atoms with E-state index in [1.807, 2.05) is 30.5 Å². The van der Waals surface area contributed by atoms with Crippen LogP contribution < -0.4 is 10.0 Å². The summed E-state index contributed by atoms with van der Waals surface area (Å²) in [6.45, 7) is 1.46. The van der Waals surface area contributed by atoms with E-state index in [1.165, 1.54) is 13.2 Å². The Morgan fingerprint density at radius 2 is 2.19 bits per heavy atom. The van der Waals surface area contributed by atoms with Gasteiger partial charge in [-0.1, -0.05) is 6.07 Å². The number of carbonyl (C=O) groups is 1. The summed E-state index contributed by atoms with van der Waals surface area (Å²) in [6, 6.07) is 12.3. The SMILES string of the molecule is CC(=O)c1coc(-c2cnc3[nH]ccc3c2N[C@H]2C[C@H](NSc3cccc(C#N)c3)C2)n1. The number of hydrogen-bond acceptors (Lipinski definition) is 8. The van der Waals surface area contributed by atoms with E-state index < -0.39 is 0 Å². The molecule has 1 aliphatic rings. The Morgan fingerprint density at radius 3 is 2.97 bits per heavy atom. The Bertz CT molecular complexity index is 1330. The van der Waals surface area contributed by atoms with Gasteiger partial charge < -0.3 is 14.7 Å². The lowest BCUT2D eigenvalue weighted by Crippen LogP contribution is -2.45. The molecule has 3 aromatic heterocycles. The van der Waals surface area contributed by atoms with Gasteiger partial charge in [0.25, 0.3) is 0 Å². The van der Waals surface area contributed by atoms with Crippen LogP contribution in [0.5, 0.6) is 0 Å². The summed E-state index contributed by atoms with van der Waals surface area (Å²) in [6.07, 6.45) is 6.83. The minimum Gasteiger partial charge on any atom is -0.444 e. The van der Waals surface area contributed by atoms with Gasteiger partial charge in [0.1, 0.15) is 17.6 Å². The third-order valence-electron chi connectivity index (χ3n) is 5.48. The van der Waals surface area contributed by atoms with Gasteiger partial charge in [-0.15, -0.1) is 0 Å². The number of oxazole rings is 1. The first kappa shape index (κ1) is 20.3. The topological polar surface area (TPSA) is 120 Å². The maximum atomic E-state index is 11.6. The molecule has 3 N–H and O–H groups in total. The van der Waals surface area contributed by atoms with Gasteiger partial charge in [0.2, 0.25) is 5.89 Å². The summed E-state index contributed by atoms with van der Waals surface area (Å²) >= 11 is 1.55. The molecule has 0 saturated heterocycles. The average Bonchev–Trinajstić information content (AvgIpc) is 3.45. The molecule has 1 aliphatic carbocycles. The number of anilines is 1. The number of rotatable bonds is 7. The molecule has 8 nitrogen and oxygen atoms in total. The van der Waals surface area contributed by atoms with Gasteiger partial charge in [-0.25, -0.2) is 9.97 Å². The van der Waals surface area contributed by atoms with Crippen LogP contribution in [0.4, 0.5) is 5.69 Å². The van der Waals surface area contributed by atoms with E-state index in [4.69, 9.17) is 9.68 Å². The molecule has 3 heterocycles. The second-order valence-electron chi connectivity index (χ2n) is 7.75. The van der Waals surface area contributed by atoms with E-state index in [2.05, 4.69) is 31.1 Å². The first-order valence-corrected chi connectivity index (χ1v) is 11.0. The second-order valence-corrected chi connectivity index (χ2v) is 8.66. The van der Waals surface area contributed by atoms with E-state index in [0.717, 1.165) is 40.0 Å². The summed E-state index contributed by atoms with van der Waals surface area (Å²) in [5.41, 5.74) is 3.35. The number of aromatic nitrogens is 3. The van der Waals surface area contributed by atoms with Crippen molar-refractivity contribution in [1.29, 1.82) is 5.26 Å². The number of nitriles is 1. The number of nitrogens with one attached hydrogen (secondary N) is 3. The molecule has 0 bridgehead atoms. The Labute approximate surface area is 188 Å². The van der Waals surface area contributed by atoms with Crippen LogP contribution in [0.3, 0.4) is 0 Å². The Kier molecular flexibility index (Phi) is 5.39. The predicted molar refractivity (Wildman–Crippen MR) is 122 cm³/mol. The number of carbonyl (C=O) groups excluding carboxylic acids is 1. The summed E-state index contributed by atoms with van der Waals surface area (Å²) in [7, 11) is 0. The number of benzene rings is 1. The van der Waals surface area contributed by atoms with Crippen molar-refractivity contribution in [2.24, 2.45) is 0 Å². The van der Waals surface area contributed by atoms with Crippen molar-refractivity contribution in [3.8, 4) is 17.5 Å². The van der Waals surface area contributed by atoms with Crippen LogP contribution >= 0.6 is 11.9 Å². The number of Topliss-reactive ketones (excluding diaryl/α,β-unsaturated/α-hetero) is 1. The number of ketones is 1. The molecular formula is C23H20N6O2S. The highest BCUT2D eigenvalue weighted by Gasteiger charge is 2.30. The summed E-state index contributed by atoms with van der Waals surface area (Å²) in [5, 5.41) is 13.6. The Balaban J connectivity index is 1.29. The van der Waals surface area contributed by atoms with Crippen LogP contribution in [0.1, 0.15) is 35.8 Å². The molecule has 1 aromatic carbocycles. The zero-order valence-electron chi connectivity index (χ0n) is 17.3. The smallest absolute Gasteiger partial charge is 0.230 e. The van der Waals surface area contributed by atoms with Gasteiger partial charge in [-0.3, -0.25) is 9.52 Å². The maximum absolute atomic E-state index is 11.6. The van der Waals surface area contributed by atoms with Crippen molar-refractivity contribution in [1.82, 2.24) is 19.7 Å². The van der Waals surface area contributed by atoms with Crippen LogP contribution in [0, 0.1) is 11.3 Å². The third-order valence-corrected chi connectivity index (χ3v) is 6.42. The lowest BCUT2D eigenvalue weighted by molar-refractivity contribution is 0.101. The molecule has 0 amide bonds. The molecule has 0 aliphatic heterocycles. The number of fused-ring (bicyclic) bond motifs is 1. The highest BCUT2D eigenvalue weighted by molar-refractivity contribution is 7.97. The third kappa shape index (κ3) is 3.98. The molecule has 0 atom stereocenters. The van der Waals surface area contributed by atoms with E-state index in [1.54, 1.807) is 24.2 Å². The monoisotopic (exact) mass is 444 g/mol. The van der Waals surface area contributed by atoms with Crippen LogP contribution in [0.15, 0.2) is 58.3 Å². The van der Waals surface area contributed by atoms with Crippen LogP contribution in [0.2, 0.25) is 0 Å². The highest BCUT2D eigenvalue weighted by Crippen LogP contribution is 2.36. The molecule has 1 saturated carbocycles. The summed E-state index contributed by atoms with van der Waals surface area (Å²) in [5.74, 6) is 0.228. The van der Waals surface area contributed by atoms with Gasteiger partial charge in [0.15, 0.2) is 5.78 Å². The molecule has 0 spiro atoms. The molecule has 5 rings (SSSR count). The van der Waals surface area contributed by atoms with E-state index >= 15 is 0 Å². The van der Waals surface area contributed by atoms with Crippen LogP contribution in [-0.2, 0) is 0 Å². The molecular weight excluding hydrogens is 424 g/mol. The Morgan fingerprint density at radius 1 is 1.31 bits per heavy atom. The van der Waals surface area contributed by atoms with Crippen molar-refractivity contribution in [2.45, 2.75) is 36.7 Å². The highest BCUT2D eigenvalue weighted by atomic mass is 32.2. The fraction of sp³-hybridized carbons (Fsp3) is 0.217. The predicted octanol–water partition coefficient (Wildman–Crippen LogP) is 4.53. The minimum absolute atomic E-state index is 0.143. The number of nitrogens with zero attached hydrogens (tertiary/aromatic N) is 3. The first-order valence-electron chi connectivity index (χ1n) is 10.2. The number of hydrogen-bond donors (Lipinski definition) is 3. The van der Waals surface area contributed by atoms with E-state index in [-0.39, 0.29) is 11.8 Å². The number of H-pyrrole nitrogens is 1. The minimum atomic E-state index is -0.143. The van der Waals surface area contributed by atoms with Crippen molar-refractivity contribution in [3.63, 3.8) is 0 Å². The Hall–Kier alpha value is -3.61. The molecule has 0 radical (unpaired) electrons. The summed E-state index contributed by atoms with van der Waals surface area (Å²) < 4.78 is 9.06. The molecule has 1 fully saturated rings. The first-order chi connectivity index (χ1) is 15.6. The van der Waals surface area contributed by atoms with Crippen LogP contribution in [0.25, 0.3) is 22.5 Å². The molecule has 32 heavy (non-hydrogen) atoms. The van der Waals surface area contributed by atoms with Gasteiger partial charge >= 0.3 is 0 Å². The van der Waals surface area contributed by atoms with Crippen molar-refractivity contribution >= 4 is 34.5 Å². The second kappa shape index (κ2) is 8.49. The fourth-order valence-electron chi connectivity index (χ4n) is 3.70. The normalized spacial score (nSPS) is 17.6. The van der Waals surface area contributed by atoms with Crippen molar-refractivity contribution in [3.05, 3.63) is 60.2 Å². The lowest BCUT2D eigenvalue weighted by atomic mass is 9.87. The van der Waals surface area contributed by atoms with Gasteiger partial charge in [0.05, 0.1) is 22.9 Å². The van der Waals surface area contributed by atoms with Crippen molar-refractivity contribution < 1.29 is 9.21 Å². The molecule has 9 heteroatoms. The largest absolute Gasteiger partial charge is 0.444 e. The van der Waals surface area contributed by atoms with Gasteiger partial charge in [0, 0.05) is 41.7 Å². The van der Waals surface area contributed by atoms with Crippen molar-refractivity contribution in [2.75, 3.05) is 5.32 Å². The average molecular weight is 445 g/mol.